The second-order valence-electron chi connectivity index (χ2n) is 5.94. The Kier molecular flexibility index (Phi) is 6.05. The number of nitrogens with zero attached hydrogens (tertiary/aromatic N) is 1. The smallest absolute Gasteiger partial charge is 0.261 e. The Morgan fingerprint density at radius 2 is 2.21 bits per heavy atom. The van der Waals surface area contributed by atoms with Crippen LogP contribution in [0, 0.1) is 6.92 Å². The molecular formula is C18H24N2O2S2. The van der Waals surface area contributed by atoms with Crippen LogP contribution in [0.15, 0.2) is 23.6 Å². The largest absolute Gasteiger partial charge is 0.379 e. The molecule has 130 valence electrons. The van der Waals surface area contributed by atoms with E-state index in [1.807, 2.05) is 6.07 Å². The molecule has 1 fully saturated rings. The second-order valence-corrected chi connectivity index (χ2v) is 8.17. The number of hydrogen-bond acceptors (Lipinski definition) is 5. The first-order valence-electron chi connectivity index (χ1n) is 8.41. The summed E-state index contributed by atoms with van der Waals surface area (Å²) >= 11 is 3.34. The van der Waals surface area contributed by atoms with Crippen LogP contribution in [-0.2, 0) is 11.2 Å². The second kappa shape index (κ2) is 8.25. The SMILES string of the molecule is CCc1cc(C(=O)NC[C@@H](c2cccs2)N2CCOCC2)sc1C. The summed E-state index contributed by atoms with van der Waals surface area (Å²) < 4.78 is 5.47. The van der Waals surface area contributed by atoms with Gasteiger partial charge in [-0.05, 0) is 36.4 Å². The summed E-state index contributed by atoms with van der Waals surface area (Å²) in [5, 5.41) is 5.24. The maximum Gasteiger partial charge on any atom is 0.261 e. The molecule has 1 atom stereocenters. The average Bonchev–Trinajstić information content (AvgIpc) is 3.25. The molecule has 0 bridgehead atoms. The number of ether oxygens (including phenoxy) is 1. The van der Waals surface area contributed by atoms with Gasteiger partial charge in [-0.15, -0.1) is 22.7 Å². The molecule has 4 nitrogen and oxygen atoms in total. The number of morpholine rings is 1. The number of amides is 1. The molecular weight excluding hydrogens is 340 g/mol. The van der Waals surface area contributed by atoms with Gasteiger partial charge in [-0.25, -0.2) is 0 Å². The van der Waals surface area contributed by atoms with Gasteiger partial charge in [0, 0.05) is 29.4 Å². The van der Waals surface area contributed by atoms with Crippen LogP contribution in [0.3, 0.4) is 0 Å². The molecule has 6 heteroatoms. The fraction of sp³-hybridized carbons (Fsp3) is 0.500. The third-order valence-corrected chi connectivity index (χ3v) is 6.50. The summed E-state index contributed by atoms with van der Waals surface area (Å²) in [6.07, 6.45) is 0.973. The highest BCUT2D eigenvalue weighted by atomic mass is 32.1. The lowest BCUT2D eigenvalue weighted by molar-refractivity contribution is 0.0169. The van der Waals surface area contributed by atoms with Crippen molar-refractivity contribution < 1.29 is 9.53 Å². The van der Waals surface area contributed by atoms with E-state index in [0.717, 1.165) is 37.6 Å². The number of hydrogen-bond donors (Lipinski definition) is 1. The predicted molar refractivity (Wildman–Crippen MR) is 100 cm³/mol. The van der Waals surface area contributed by atoms with Gasteiger partial charge in [0.1, 0.15) is 0 Å². The van der Waals surface area contributed by atoms with Crippen LogP contribution in [0.25, 0.3) is 0 Å². The zero-order valence-electron chi connectivity index (χ0n) is 14.2. The van der Waals surface area contributed by atoms with E-state index in [4.69, 9.17) is 4.74 Å². The van der Waals surface area contributed by atoms with Crippen molar-refractivity contribution in [2.45, 2.75) is 26.3 Å². The number of rotatable bonds is 6. The van der Waals surface area contributed by atoms with Crippen molar-refractivity contribution >= 4 is 28.6 Å². The van der Waals surface area contributed by atoms with Crippen LogP contribution < -0.4 is 5.32 Å². The summed E-state index contributed by atoms with van der Waals surface area (Å²) in [5.41, 5.74) is 1.27. The highest BCUT2D eigenvalue weighted by Gasteiger charge is 2.24. The van der Waals surface area contributed by atoms with Crippen molar-refractivity contribution in [2.24, 2.45) is 0 Å². The number of carbonyl (C=O) groups excluding carboxylic acids is 1. The van der Waals surface area contributed by atoms with Crippen LogP contribution >= 0.6 is 22.7 Å². The average molecular weight is 365 g/mol. The summed E-state index contributed by atoms with van der Waals surface area (Å²) in [6, 6.07) is 6.49. The Bertz CT molecular complexity index is 661. The monoisotopic (exact) mass is 364 g/mol. The minimum Gasteiger partial charge on any atom is -0.379 e. The van der Waals surface area contributed by atoms with E-state index in [2.05, 4.69) is 41.6 Å². The van der Waals surface area contributed by atoms with Crippen molar-refractivity contribution in [3.63, 3.8) is 0 Å². The Hall–Kier alpha value is -1.21. The Labute approximate surface area is 151 Å². The van der Waals surface area contributed by atoms with E-state index in [1.165, 1.54) is 15.3 Å². The van der Waals surface area contributed by atoms with Gasteiger partial charge in [0.15, 0.2) is 0 Å². The van der Waals surface area contributed by atoms with E-state index in [1.54, 1.807) is 22.7 Å². The molecule has 0 aromatic carbocycles. The minimum atomic E-state index is 0.0395. The zero-order valence-corrected chi connectivity index (χ0v) is 15.8. The van der Waals surface area contributed by atoms with Crippen LogP contribution in [0.5, 0.6) is 0 Å². The fourth-order valence-electron chi connectivity index (χ4n) is 3.04. The molecule has 3 heterocycles. The van der Waals surface area contributed by atoms with Gasteiger partial charge in [-0.2, -0.15) is 0 Å². The molecule has 1 aliphatic rings. The summed E-state index contributed by atoms with van der Waals surface area (Å²) in [5.74, 6) is 0.0395. The van der Waals surface area contributed by atoms with Gasteiger partial charge >= 0.3 is 0 Å². The van der Waals surface area contributed by atoms with Crippen molar-refractivity contribution in [1.82, 2.24) is 10.2 Å². The quantitative estimate of drug-likeness (QED) is 0.853. The molecule has 0 spiro atoms. The highest BCUT2D eigenvalue weighted by Crippen LogP contribution is 2.26. The van der Waals surface area contributed by atoms with Crippen molar-refractivity contribution in [2.75, 3.05) is 32.8 Å². The minimum absolute atomic E-state index is 0.0395. The van der Waals surface area contributed by atoms with E-state index in [0.29, 0.717) is 6.54 Å². The molecule has 24 heavy (non-hydrogen) atoms. The normalized spacial score (nSPS) is 16.9. The van der Waals surface area contributed by atoms with E-state index in [-0.39, 0.29) is 11.9 Å². The van der Waals surface area contributed by atoms with Crippen LogP contribution in [0.2, 0.25) is 0 Å². The number of nitrogens with one attached hydrogen (secondary N) is 1. The van der Waals surface area contributed by atoms with Crippen LogP contribution in [0.4, 0.5) is 0 Å². The lowest BCUT2D eigenvalue weighted by Crippen LogP contribution is -2.43. The van der Waals surface area contributed by atoms with E-state index >= 15 is 0 Å². The molecule has 2 aromatic rings. The molecule has 1 N–H and O–H groups in total. The molecule has 2 aromatic heterocycles. The van der Waals surface area contributed by atoms with Crippen LogP contribution in [-0.4, -0.2) is 43.7 Å². The third kappa shape index (κ3) is 4.06. The summed E-state index contributed by atoms with van der Waals surface area (Å²) in [4.78, 5) is 18.3. The maximum absolute atomic E-state index is 12.5. The molecule has 0 saturated carbocycles. The Morgan fingerprint density at radius 1 is 1.42 bits per heavy atom. The van der Waals surface area contributed by atoms with Gasteiger partial charge < -0.3 is 10.1 Å². The van der Waals surface area contributed by atoms with Crippen molar-refractivity contribution in [3.8, 4) is 0 Å². The molecule has 0 radical (unpaired) electrons. The van der Waals surface area contributed by atoms with Crippen molar-refractivity contribution in [3.05, 3.63) is 43.8 Å². The maximum atomic E-state index is 12.5. The lowest BCUT2D eigenvalue weighted by Gasteiger charge is -2.34. The van der Waals surface area contributed by atoms with E-state index in [9.17, 15) is 4.79 Å². The molecule has 0 unspecified atom stereocenters. The third-order valence-electron chi connectivity index (χ3n) is 4.44. The predicted octanol–water partition coefficient (Wildman–Crippen LogP) is 3.48. The van der Waals surface area contributed by atoms with Gasteiger partial charge in [-0.3, -0.25) is 9.69 Å². The fourth-order valence-corrected chi connectivity index (χ4v) is 4.93. The van der Waals surface area contributed by atoms with Gasteiger partial charge in [-0.1, -0.05) is 13.0 Å². The summed E-state index contributed by atoms with van der Waals surface area (Å²) in [6.45, 7) is 8.20. The number of thiophene rings is 2. The van der Waals surface area contributed by atoms with Crippen LogP contribution in [0.1, 0.15) is 38.0 Å². The molecule has 1 amide bonds. The van der Waals surface area contributed by atoms with Gasteiger partial charge in [0.25, 0.3) is 5.91 Å². The Morgan fingerprint density at radius 3 is 2.83 bits per heavy atom. The molecule has 1 aliphatic heterocycles. The standard InChI is InChI=1S/C18H24N2O2S2/c1-3-14-11-17(24-13(14)2)18(21)19-12-15(16-5-4-10-23-16)20-6-8-22-9-7-20/h4-5,10-11,15H,3,6-9,12H2,1-2H3,(H,19,21)/t15-/m0/s1. The Balaban J connectivity index is 1.67. The number of aryl methyl sites for hydroxylation is 2. The first kappa shape index (κ1) is 17.6. The lowest BCUT2D eigenvalue weighted by atomic mass is 10.1. The summed E-state index contributed by atoms with van der Waals surface area (Å²) in [7, 11) is 0. The highest BCUT2D eigenvalue weighted by molar-refractivity contribution is 7.14. The van der Waals surface area contributed by atoms with Crippen molar-refractivity contribution in [1.29, 1.82) is 0 Å². The molecule has 3 rings (SSSR count). The molecule has 0 aliphatic carbocycles. The van der Waals surface area contributed by atoms with E-state index < -0.39 is 0 Å². The van der Waals surface area contributed by atoms with Gasteiger partial charge in [0.2, 0.25) is 0 Å². The zero-order chi connectivity index (χ0) is 16.9. The van der Waals surface area contributed by atoms with Gasteiger partial charge in [0.05, 0.1) is 24.1 Å². The number of carbonyl (C=O) groups is 1. The topological polar surface area (TPSA) is 41.6 Å². The first-order chi connectivity index (χ1) is 11.7. The first-order valence-corrected chi connectivity index (χ1v) is 10.1. The molecule has 1 saturated heterocycles.